The third-order valence-electron chi connectivity index (χ3n) is 3.51. The molecule has 1 aliphatic heterocycles. The molecule has 0 aromatic heterocycles. The first-order valence-electron chi connectivity index (χ1n) is 7.08. The Balaban J connectivity index is 2.27. The molecule has 22 heavy (non-hydrogen) atoms. The summed E-state index contributed by atoms with van der Waals surface area (Å²) in [6, 6.07) is 7.41. The number of hydrogen-bond donors (Lipinski definition) is 0. The number of carbonyl (C=O) groups excluding carboxylic acids is 2. The Kier molecular flexibility index (Phi) is 5.08. The zero-order valence-corrected chi connectivity index (χ0v) is 12.8. The number of nitrogens with zero attached hydrogens (tertiary/aromatic N) is 3. The van der Waals surface area contributed by atoms with Crippen LogP contribution in [0.1, 0.15) is 25.5 Å². The molecule has 1 aromatic carbocycles. The second-order valence-corrected chi connectivity index (χ2v) is 4.84. The molecule has 0 bridgehead atoms. The lowest BCUT2D eigenvalue weighted by atomic mass is 10.0. The summed E-state index contributed by atoms with van der Waals surface area (Å²) in [6.45, 7) is 3.82. The smallest absolute Gasteiger partial charge is 0.335 e. The molecule has 0 N–H and O–H groups in total. The van der Waals surface area contributed by atoms with E-state index >= 15 is 0 Å². The van der Waals surface area contributed by atoms with Crippen LogP contribution in [0.15, 0.2) is 40.7 Å². The van der Waals surface area contributed by atoms with E-state index in [0.717, 1.165) is 5.56 Å². The summed E-state index contributed by atoms with van der Waals surface area (Å²) in [7, 11) is 1.25. The van der Waals surface area contributed by atoms with Crippen molar-refractivity contribution in [1.29, 1.82) is 0 Å². The van der Waals surface area contributed by atoms with Gasteiger partial charge in [0, 0.05) is 0 Å². The first-order chi connectivity index (χ1) is 10.6. The number of esters is 2. The van der Waals surface area contributed by atoms with Gasteiger partial charge >= 0.3 is 11.9 Å². The van der Waals surface area contributed by atoms with Crippen LogP contribution in [0.25, 0.3) is 0 Å². The maximum Gasteiger partial charge on any atom is 0.335 e. The summed E-state index contributed by atoms with van der Waals surface area (Å²) in [5, 5.41) is 9.39. The van der Waals surface area contributed by atoms with Crippen LogP contribution in [0.5, 0.6) is 0 Å². The average molecular weight is 305 g/mol. The predicted octanol–water partition coefficient (Wildman–Crippen LogP) is 1.90. The molecule has 7 heteroatoms. The second kappa shape index (κ2) is 7.02. The first-order valence-corrected chi connectivity index (χ1v) is 7.08. The number of methoxy groups -OCH3 is 1. The topological polar surface area (TPSA) is 80.6 Å². The highest BCUT2D eigenvalue weighted by Gasteiger charge is 2.46. The molecule has 2 rings (SSSR count). The van der Waals surface area contributed by atoms with Crippen molar-refractivity contribution in [1.82, 2.24) is 5.01 Å². The van der Waals surface area contributed by atoms with Gasteiger partial charge < -0.3 is 9.47 Å². The fourth-order valence-corrected chi connectivity index (χ4v) is 2.34. The van der Waals surface area contributed by atoms with Crippen molar-refractivity contribution in [3.63, 3.8) is 0 Å². The van der Waals surface area contributed by atoms with E-state index in [0.29, 0.717) is 0 Å². The molecule has 1 aliphatic rings. The summed E-state index contributed by atoms with van der Waals surface area (Å²) in [6.07, 6.45) is 0. The van der Waals surface area contributed by atoms with Gasteiger partial charge in [-0.1, -0.05) is 35.6 Å². The van der Waals surface area contributed by atoms with E-state index in [1.165, 1.54) is 12.1 Å². The molecule has 1 aromatic rings. The van der Waals surface area contributed by atoms with Gasteiger partial charge in [-0.05, 0) is 19.4 Å². The number of carbonyl (C=O) groups is 2. The maximum atomic E-state index is 12.2. The molecule has 0 spiro atoms. The van der Waals surface area contributed by atoms with Crippen molar-refractivity contribution in [3.05, 3.63) is 35.9 Å². The minimum absolute atomic E-state index is 0.219. The monoisotopic (exact) mass is 305 g/mol. The summed E-state index contributed by atoms with van der Waals surface area (Å²) in [5.41, 5.74) is 0.960. The summed E-state index contributed by atoms with van der Waals surface area (Å²) in [5.74, 6) is -1.14. The highest BCUT2D eigenvalue weighted by atomic mass is 16.5. The Morgan fingerprint density at radius 2 is 1.95 bits per heavy atom. The Morgan fingerprint density at radius 1 is 1.27 bits per heavy atom. The fourth-order valence-electron chi connectivity index (χ4n) is 2.34. The Hall–Kier alpha value is -2.44. The molecule has 0 saturated heterocycles. The Labute approximate surface area is 128 Å². The van der Waals surface area contributed by atoms with Gasteiger partial charge in [0.1, 0.15) is 0 Å². The lowest BCUT2D eigenvalue weighted by Gasteiger charge is -2.28. The summed E-state index contributed by atoms with van der Waals surface area (Å²) >= 11 is 0. The first kappa shape index (κ1) is 15.9. The summed E-state index contributed by atoms with van der Waals surface area (Å²) in [4.78, 5) is 24.1. The van der Waals surface area contributed by atoms with E-state index in [1.807, 2.05) is 37.3 Å². The van der Waals surface area contributed by atoms with Gasteiger partial charge in [0.25, 0.3) is 0 Å². The van der Waals surface area contributed by atoms with Crippen molar-refractivity contribution in [3.8, 4) is 0 Å². The van der Waals surface area contributed by atoms with Gasteiger partial charge in [-0.3, -0.25) is 5.01 Å². The number of hydrogen-bond acceptors (Lipinski definition) is 7. The van der Waals surface area contributed by atoms with Crippen molar-refractivity contribution >= 4 is 11.9 Å². The van der Waals surface area contributed by atoms with Crippen molar-refractivity contribution in [2.45, 2.75) is 32.0 Å². The SMILES string of the molecule is CCOC(=O)[C@@H]1[C@@H](C(=O)OC)N=NN1[C@H](C)c1ccccc1. The molecule has 118 valence electrons. The molecular formula is C15H19N3O4. The van der Waals surface area contributed by atoms with E-state index in [4.69, 9.17) is 9.47 Å². The highest BCUT2D eigenvalue weighted by molar-refractivity contribution is 5.87. The maximum absolute atomic E-state index is 12.2. The predicted molar refractivity (Wildman–Crippen MR) is 77.8 cm³/mol. The van der Waals surface area contributed by atoms with Gasteiger partial charge in [-0.15, -0.1) is 0 Å². The average Bonchev–Trinajstić information content (AvgIpc) is 2.99. The van der Waals surface area contributed by atoms with Crippen LogP contribution in [0.2, 0.25) is 0 Å². The van der Waals surface area contributed by atoms with Crippen molar-refractivity contribution in [2.24, 2.45) is 10.3 Å². The van der Waals surface area contributed by atoms with Crippen LogP contribution in [0.3, 0.4) is 0 Å². The molecule has 7 nitrogen and oxygen atoms in total. The van der Waals surface area contributed by atoms with Crippen LogP contribution >= 0.6 is 0 Å². The van der Waals surface area contributed by atoms with Crippen LogP contribution < -0.4 is 0 Å². The lowest BCUT2D eigenvalue weighted by Crippen LogP contribution is -2.47. The normalized spacial score (nSPS) is 21.5. The number of rotatable bonds is 5. The van der Waals surface area contributed by atoms with E-state index in [1.54, 1.807) is 6.92 Å². The zero-order chi connectivity index (χ0) is 16.1. The standard InChI is InChI=1S/C15H19N3O4/c1-4-22-15(20)13-12(14(19)21-3)16-17-18(13)10(2)11-8-6-5-7-9-11/h5-10,12-13H,4H2,1-3H3/t10-,12+,13+/m1/s1. The number of benzene rings is 1. The van der Waals surface area contributed by atoms with Gasteiger partial charge in [0.05, 0.1) is 19.8 Å². The van der Waals surface area contributed by atoms with Crippen LogP contribution in [0, 0.1) is 0 Å². The minimum Gasteiger partial charge on any atom is -0.467 e. The van der Waals surface area contributed by atoms with E-state index in [-0.39, 0.29) is 12.6 Å². The molecule has 3 atom stereocenters. The molecule has 0 amide bonds. The molecule has 0 unspecified atom stereocenters. The van der Waals surface area contributed by atoms with Gasteiger partial charge in [0.2, 0.25) is 6.04 Å². The third-order valence-corrected chi connectivity index (χ3v) is 3.51. The molecule has 0 fully saturated rings. The van der Waals surface area contributed by atoms with Crippen molar-refractivity contribution < 1.29 is 19.1 Å². The fraction of sp³-hybridized carbons (Fsp3) is 0.467. The van der Waals surface area contributed by atoms with Crippen LogP contribution in [-0.2, 0) is 19.1 Å². The van der Waals surface area contributed by atoms with Gasteiger partial charge in [-0.2, -0.15) is 5.11 Å². The molecule has 0 radical (unpaired) electrons. The van der Waals surface area contributed by atoms with Crippen molar-refractivity contribution in [2.75, 3.05) is 13.7 Å². The highest BCUT2D eigenvalue weighted by Crippen LogP contribution is 2.30. The molecular weight excluding hydrogens is 286 g/mol. The Morgan fingerprint density at radius 3 is 2.55 bits per heavy atom. The van der Waals surface area contributed by atoms with Gasteiger partial charge in [-0.25, -0.2) is 9.59 Å². The van der Waals surface area contributed by atoms with Gasteiger partial charge in [0.15, 0.2) is 6.04 Å². The second-order valence-electron chi connectivity index (χ2n) is 4.84. The number of ether oxygens (including phenoxy) is 2. The van der Waals surface area contributed by atoms with Crippen LogP contribution in [-0.4, -0.2) is 42.7 Å². The van der Waals surface area contributed by atoms with E-state index < -0.39 is 24.0 Å². The zero-order valence-electron chi connectivity index (χ0n) is 12.8. The quantitative estimate of drug-likeness (QED) is 0.776. The minimum atomic E-state index is -1.00. The van der Waals surface area contributed by atoms with E-state index in [2.05, 4.69) is 10.3 Å². The van der Waals surface area contributed by atoms with Crippen LogP contribution in [0.4, 0.5) is 0 Å². The molecule has 1 heterocycles. The summed E-state index contributed by atoms with van der Waals surface area (Å²) < 4.78 is 9.76. The van der Waals surface area contributed by atoms with E-state index in [9.17, 15) is 9.59 Å². The molecule has 0 saturated carbocycles. The largest absolute Gasteiger partial charge is 0.467 e. The lowest BCUT2D eigenvalue weighted by molar-refractivity contribution is -0.155. The Bertz CT molecular complexity index is 561. The third kappa shape index (κ3) is 3.08. The molecule has 0 aliphatic carbocycles.